The van der Waals surface area contributed by atoms with Crippen LogP contribution in [0.15, 0.2) is 35.3 Å². The first-order chi connectivity index (χ1) is 6.47. The minimum Gasteiger partial charge on any atom is -0.321 e. The van der Waals surface area contributed by atoms with Crippen molar-refractivity contribution in [3.05, 3.63) is 46.7 Å². The first kappa shape index (κ1) is 11.4. The Morgan fingerprint density at radius 3 is 2.86 bits per heavy atom. The maximum Gasteiger partial charge on any atom is 0.123 e. The molecule has 0 fully saturated rings. The molecular weight excluding hydrogens is 245 g/mol. The first-order valence-electron chi connectivity index (χ1n) is 4.32. The maximum absolute atomic E-state index is 13.0. The van der Waals surface area contributed by atoms with Gasteiger partial charge in [-0.3, -0.25) is 0 Å². The van der Waals surface area contributed by atoms with Crippen LogP contribution in [0.5, 0.6) is 0 Å². The van der Waals surface area contributed by atoms with Crippen LogP contribution in [0.2, 0.25) is 0 Å². The summed E-state index contributed by atoms with van der Waals surface area (Å²) in [6.45, 7) is 5.49. The molecule has 3 heteroatoms. The Hall–Kier alpha value is -0.670. The number of hydrogen-bond donors (Lipinski definition) is 1. The van der Waals surface area contributed by atoms with Crippen LogP contribution in [0, 0.1) is 5.82 Å². The fourth-order valence-corrected chi connectivity index (χ4v) is 2.04. The average Bonchev–Trinajstić information content (AvgIpc) is 2.09. The Balaban J connectivity index is 3.16. The fourth-order valence-electron chi connectivity index (χ4n) is 1.34. The van der Waals surface area contributed by atoms with Crippen LogP contribution in [0.1, 0.15) is 18.9 Å². The molecular formula is C11H13BrFN. The summed E-state index contributed by atoms with van der Waals surface area (Å²) in [6, 6.07) is 4.52. The number of halogens is 2. The molecule has 1 aromatic carbocycles. The molecule has 0 heterocycles. The molecule has 1 atom stereocenters. The highest BCUT2D eigenvalue weighted by molar-refractivity contribution is 9.10. The van der Waals surface area contributed by atoms with E-state index in [1.54, 1.807) is 12.1 Å². The van der Waals surface area contributed by atoms with Crippen LogP contribution in [-0.2, 0) is 5.54 Å². The molecule has 0 unspecified atom stereocenters. The summed E-state index contributed by atoms with van der Waals surface area (Å²) < 4.78 is 13.8. The van der Waals surface area contributed by atoms with Gasteiger partial charge >= 0.3 is 0 Å². The van der Waals surface area contributed by atoms with Gasteiger partial charge in [-0.2, -0.15) is 0 Å². The van der Waals surface area contributed by atoms with E-state index in [2.05, 4.69) is 22.5 Å². The molecule has 76 valence electrons. The molecule has 0 aliphatic heterocycles. The highest BCUT2D eigenvalue weighted by Gasteiger charge is 2.22. The summed E-state index contributed by atoms with van der Waals surface area (Å²) in [6.07, 6.45) is 2.34. The van der Waals surface area contributed by atoms with E-state index in [-0.39, 0.29) is 5.82 Å². The SMILES string of the molecule is C=CC[C@@](C)(N)c1cc(F)ccc1Br. The maximum atomic E-state index is 13.0. The van der Waals surface area contributed by atoms with E-state index in [4.69, 9.17) is 5.73 Å². The molecule has 1 aromatic rings. The number of benzene rings is 1. The number of hydrogen-bond acceptors (Lipinski definition) is 1. The summed E-state index contributed by atoms with van der Waals surface area (Å²) in [5.41, 5.74) is 6.23. The second-order valence-electron chi connectivity index (χ2n) is 3.53. The van der Waals surface area contributed by atoms with E-state index in [1.807, 2.05) is 6.92 Å². The lowest BCUT2D eigenvalue weighted by atomic mass is 9.90. The minimum absolute atomic E-state index is 0.274. The molecule has 0 amide bonds. The Labute approximate surface area is 91.9 Å². The van der Waals surface area contributed by atoms with Crippen molar-refractivity contribution in [2.45, 2.75) is 18.9 Å². The van der Waals surface area contributed by atoms with Gasteiger partial charge in [0.25, 0.3) is 0 Å². The molecule has 0 saturated heterocycles. The van der Waals surface area contributed by atoms with Gasteiger partial charge in [-0.05, 0) is 37.1 Å². The van der Waals surface area contributed by atoms with Gasteiger partial charge in [-0.15, -0.1) is 6.58 Å². The van der Waals surface area contributed by atoms with Crippen molar-refractivity contribution < 1.29 is 4.39 Å². The van der Waals surface area contributed by atoms with Gasteiger partial charge in [0.1, 0.15) is 5.82 Å². The van der Waals surface area contributed by atoms with Gasteiger partial charge in [-0.1, -0.05) is 22.0 Å². The Morgan fingerprint density at radius 2 is 2.29 bits per heavy atom. The summed E-state index contributed by atoms with van der Waals surface area (Å²) in [5, 5.41) is 0. The molecule has 0 aromatic heterocycles. The molecule has 1 rings (SSSR count). The van der Waals surface area contributed by atoms with E-state index in [1.165, 1.54) is 12.1 Å². The molecule has 2 N–H and O–H groups in total. The largest absolute Gasteiger partial charge is 0.321 e. The Kier molecular flexibility index (Phi) is 3.45. The standard InChI is InChI=1S/C11H13BrFN/c1-3-6-11(2,14)9-7-8(13)4-5-10(9)12/h3-5,7H,1,6,14H2,2H3/t11-/m1/s1. The average molecular weight is 258 g/mol. The highest BCUT2D eigenvalue weighted by Crippen LogP contribution is 2.29. The lowest BCUT2D eigenvalue weighted by molar-refractivity contribution is 0.494. The molecule has 1 nitrogen and oxygen atoms in total. The molecule has 0 radical (unpaired) electrons. The van der Waals surface area contributed by atoms with Crippen LogP contribution in [0.25, 0.3) is 0 Å². The molecule has 0 spiro atoms. The van der Waals surface area contributed by atoms with E-state index in [9.17, 15) is 4.39 Å². The fraction of sp³-hybridized carbons (Fsp3) is 0.273. The van der Waals surface area contributed by atoms with Gasteiger partial charge in [0.2, 0.25) is 0 Å². The van der Waals surface area contributed by atoms with Gasteiger partial charge in [-0.25, -0.2) is 4.39 Å². The van der Waals surface area contributed by atoms with Gasteiger partial charge < -0.3 is 5.73 Å². The zero-order chi connectivity index (χ0) is 10.8. The predicted octanol–water partition coefficient (Wildman–Crippen LogP) is 3.34. The summed E-state index contributed by atoms with van der Waals surface area (Å²) in [7, 11) is 0. The van der Waals surface area contributed by atoms with Crippen LogP contribution in [-0.4, -0.2) is 0 Å². The van der Waals surface area contributed by atoms with Gasteiger partial charge in [0.05, 0.1) is 0 Å². The summed E-state index contributed by atoms with van der Waals surface area (Å²) in [4.78, 5) is 0. The quantitative estimate of drug-likeness (QED) is 0.827. The van der Waals surface area contributed by atoms with Crippen molar-refractivity contribution in [2.24, 2.45) is 5.73 Å². The minimum atomic E-state index is -0.581. The van der Waals surface area contributed by atoms with Crippen molar-refractivity contribution >= 4 is 15.9 Å². The molecule has 0 aliphatic rings. The van der Waals surface area contributed by atoms with Crippen molar-refractivity contribution in [1.82, 2.24) is 0 Å². The second-order valence-corrected chi connectivity index (χ2v) is 4.39. The normalized spacial score (nSPS) is 14.9. The van der Waals surface area contributed by atoms with E-state index >= 15 is 0 Å². The van der Waals surface area contributed by atoms with Crippen molar-refractivity contribution in [3.63, 3.8) is 0 Å². The van der Waals surface area contributed by atoms with Crippen LogP contribution in [0.4, 0.5) is 4.39 Å². The summed E-state index contributed by atoms with van der Waals surface area (Å²) >= 11 is 3.36. The smallest absolute Gasteiger partial charge is 0.123 e. The zero-order valence-electron chi connectivity index (χ0n) is 8.06. The summed E-state index contributed by atoms with van der Waals surface area (Å²) in [5.74, 6) is -0.274. The predicted molar refractivity (Wildman–Crippen MR) is 60.5 cm³/mol. The zero-order valence-corrected chi connectivity index (χ0v) is 9.64. The third-order valence-corrected chi connectivity index (χ3v) is 2.80. The lowest BCUT2D eigenvalue weighted by Crippen LogP contribution is -2.32. The van der Waals surface area contributed by atoms with Gasteiger partial charge in [0, 0.05) is 10.0 Å². The van der Waals surface area contributed by atoms with E-state index in [0.717, 1.165) is 10.0 Å². The van der Waals surface area contributed by atoms with Crippen molar-refractivity contribution in [3.8, 4) is 0 Å². The molecule has 14 heavy (non-hydrogen) atoms. The van der Waals surface area contributed by atoms with Crippen LogP contribution >= 0.6 is 15.9 Å². The topological polar surface area (TPSA) is 26.0 Å². The first-order valence-corrected chi connectivity index (χ1v) is 5.12. The van der Waals surface area contributed by atoms with Crippen molar-refractivity contribution in [1.29, 1.82) is 0 Å². The number of nitrogens with two attached hydrogens (primary N) is 1. The Morgan fingerprint density at radius 1 is 1.64 bits per heavy atom. The van der Waals surface area contributed by atoms with Crippen LogP contribution < -0.4 is 5.73 Å². The second kappa shape index (κ2) is 4.24. The van der Waals surface area contributed by atoms with Crippen LogP contribution in [0.3, 0.4) is 0 Å². The van der Waals surface area contributed by atoms with E-state index < -0.39 is 5.54 Å². The highest BCUT2D eigenvalue weighted by atomic mass is 79.9. The van der Waals surface area contributed by atoms with Gasteiger partial charge in [0.15, 0.2) is 0 Å². The monoisotopic (exact) mass is 257 g/mol. The lowest BCUT2D eigenvalue weighted by Gasteiger charge is -2.24. The van der Waals surface area contributed by atoms with Crippen molar-refractivity contribution in [2.75, 3.05) is 0 Å². The third-order valence-electron chi connectivity index (χ3n) is 2.11. The molecule has 0 aliphatic carbocycles. The third kappa shape index (κ3) is 2.42. The number of rotatable bonds is 3. The molecule has 0 saturated carbocycles. The Bertz CT molecular complexity index is 347. The van der Waals surface area contributed by atoms with E-state index in [0.29, 0.717) is 6.42 Å². The molecule has 0 bridgehead atoms.